The van der Waals surface area contributed by atoms with Gasteiger partial charge in [0.05, 0.1) is 34.6 Å². The Bertz CT molecular complexity index is 1260. The Hall–Kier alpha value is -2.64. The Morgan fingerprint density at radius 3 is 2.65 bits per heavy atom. The number of anilines is 2. The second-order valence-electron chi connectivity index (χ2n) is 9.88. The third-order valence-electron chi connectivity index (χ3n) is 6.90. The van der Waals surface area contributed by atoms with Gasteiger partial charge in [0.1, 0.15) is 0 Å². The van der Waals surface area contributed by atoms with Crippen molar-refractivity contribution in [3.8, 4) is 0 Å². The first kappa shape index (κ1) is 23.1. The van der Waals surface area contributed by atoms with E-state index < -0.39 is 0 Å². The summed E-state index contributed by atoms with van der Waals surface area (Å²) in [4.78, 5) is 24.0. The highest BCUT2D eigenvalue weighted by Crippen LogP contribution is 2.35. The van der Waals surface area contributed by atoms with Gasteiger partial charge in [0, 0.05) is 49.7 Å². The number of aryl methyl sites for hydroxylation is 1. The fraction of sp³-hybridized carbons (Fsp3) is 0.500. The normalized spacial score (nSPS) is 21.6. The van der Waals surface area contributed by atoms with E-state index in [1.165, 1.54) is 12.8 Å². The highest BCUT2D eigenvalue weighted by molar-refractivity contribution is 6.31. The van der Waals surface area contributed by atoms with Gasteiger partial charge in [-0.2, -0.15) is 0 Å². The highest BCUT2D eigenvalue weighted by atomic mass is 35.5. The summed E-state index contributed by atoms with van der Waals surface area (Å²) < 4.78 is 7.55. The van der Waals surface area contributed by atoms with E-state index in [9.17, 15) is 4.79 Å². The van der Waals surface area contributed by atoms with Crippen molar-refractivity contribution in [2.45, 2.75) is 58.3 Å². The van der Waals surface area contributed by atoms with Gasteiger partial charge in [-0.15, -0.1) is 0 Å². The van der Waals surface area contributed by atoms with E-state index in [1.807, 2.05) is 19.2 Å². The number of pyridine rings is 1. The van der Waals surface area contributed by atoms with Crippen LogP contribution in [0.1, 0.15) is 44.9 Å². The van der Waals surface area contributed by atoms with Crippen LogP contribution < -0.4 is 15.8 Å². The molecule has 180 valence electrons. The molecule has 1 aromatic carbocycles. The number of ether oxygens (including phenoxy) is 1. The van der Waals surface area contributed by atoms with Crippen LogP contribution in [-0.2, 0) is 18.2 Å². The molecule has 0 radical (unpaired) electrons. The van der Waals surface area contributed by atoms with Crippen molar-refractivity contribution in [2.75, 3.05) is 23.3 Å². The molecule has 0 bridgehead atoms. The Balaban J connectivity index is 1.47. The van der Waals surface area contributed by atoms with Gasteiger partial charge >= 0.3 is 0 Å². The summed E-state index contributed by atoms with van der Waals surface area (Å²) in [5.41, 5.74) is 3.67. The van der Waals surface area contributed by atoms with Crippen molar-refractivity contribution in [3.63, 3.8) is 0 Å². The molecule has 0 amide bonds. The minimum absolute atomic E-state index is 0.0109. The minimum atomic E-state index is -0.0109. The number of morpholine rings is 1. The average molecular weight is 482 g/mol. The van der Waals surface area contributed by atoms with E-state index in [0.717, 1.165) is 40.9 Å². The minimum Gasteiger partial charge on any atom is -0.382 e. The molecule has 0 spiro atoms. The summed E-state index contributed by atoms with van der Waals surface area (Å²) in [6.45, 7) is 7.84. The van der Waals surface area contributed by atoms with Crippen molar-refractivity contribution in [1.29, 1.82) is 0 Å². The molecule has 3 aromatic rings. The highest BCUT2D eigenvalue weighted by Gasteiger charge is 2.28. The summed E-state index contributed by atoms with van der Waals surface area (Å²) >= 11 is 6.52. The van der Waals surface area contributed by atoms with Crippen LogP contribution in [0.4, 0.5) is 11.6 Å². The number of nitrogens with one attached hydrogen (secondary N) is 1. The molecule has 3 heterocycles. The lowest BCUT2D eigenvalue weighted by Gasteiger charge is -2.35. The third-order valence-corrected chi connectivity index (χ3v) is 7.22. The first-order chi connectivity index (χ1) is 16.3. The van der Waals surface area contributed by atoms with E-state index in [4.69, 9.17) is 21.3 Å². The summed E-state index contributed by atoms with van der Waals surface area (Å²) in [5.74, 6) is 1.37. The number of halogens is 1. The molecule has 2 fully saturated rings. The van der Waals surface area contributed by atoms with Crippen LogP contribution in [0, 0.1) is 5.92 Å². The summed E-state index contributed by atoms with van der Waals surface area (Å²) in [6, 6.07) is 8.26. The molecule has 1 saturated heterocycles. The van der Waals surface area contributed by atoms with Crippen LogP contribution in [0.15, 0.2) is 35.3 Å². The Morgan fingerprint density at radius 1 is 1.21 bits per heavy atom. The summed E-state index contributed by atoms with van der Waals surface area (Å²) in [5, 5.41) is 5.18. The van der Waals surface area contributed by atoms with Crippen LogP contribution >= 0.6 is 11.6 Å². The van der Waals surface area contributed by atoms with Crippen molar-refractivity contribution in [1.82, 2.24) is 14.5 Å². The summed E-state index contributed by atoms with van der Waals surface area (Å²) in [6.07, 6.45) is 5.03. The van der Waals surface area contributed by atoms with Gasteiger partial charge in [-0.05, 0) is 57.2 Å². The van der Waals surface area contributed by atoms with Crippen LogP contribution in [-0.4, -0.2) is 45.9 Å². The molecule has 2 aromatic heterocycles. The molecule has 1 aliphatic heterocycles. The molecular weight excluding hydrogens is 450 g/mol. The quantitative estimate of drug-likeness (QED) is 0.562. The number of aromatic nitrogens is 3. The molecule has 1 aliphatic carbocycles. The first-order valence-electron chi connectivity index (χ1n) is 12.1. The molecule has 3 atom stereocenters. The second-order valence-corrected chi connectivity index (χ2v) is 10.3. The van der Waals surface area contributed by atoms with E-state index in [-0.39, 0.29) is 17.8 Å². The smallest absolute Gasteiger partial charge is 0.252 e. The van der Waals surface area contributed by atoms with Crippen LogP contribution in [0.5, 0.6) is 0 Å². The molecular formula is C26H32ClN5O2. The summed E-state index contributed by atoms with van der Waals surface area (Å²) in [7, 11) is 1.82. The number of hydrogen-bond acceptors (Lipinski definition) is 6. The van der Waals surface area contributed by atoms with E-state index in [1.54, 1.807) is 16.8 Å². The van der Waals surface area contributed by atoms with E-state index >= 15 is 0 Å². The van der Waals surface area contributed by atoms with Crippen molar-refractivity contribution < 1.29 is 4.74 Å². The zero-order valence-electron chi connectivity index (χ0n) is 20.2. The van der Waals surface area contributed by atoms with Crippen LogP contribution in [0.25, 0.3) is 10.9 Å². The maximum absolute atomic E-state index is 12.6. The molecule has 8 heteroatoms. The fourth-order valence-electron chi connectivity index (χ4n) is 4.90. The van der Waals surface area contributed by atoms with E-state index in [0.29, 0.717) is 29.4 Å². The van der Waals surface area contributed by atoms with E-state index in [2.05, 4.69) is 42.0 Å². The zero-order valence-corrected chi connectivity index (χ0v) is 21.0. The fourth-order valence-corrected chi connectivity index (χ4v) is 5.06. The topological polar surface area (TPSA) is 72.3 Å². The Labute approximate surface area is 205 Å². The van der Waals surface area contributed by atoms with Crippen molar-refractivity contribution >= 4 is 34.1 Å². The maximum atomic E-state index is 12.6. The molecule has 7 nitrogen and oxygen atoms in total. The first-order valence-corrected chi connectivity index (χ1v) is 12.5. The zero-order chi connectivity index (χ0) is 24.0. The number of hydrogen-bond donors (Lipinski definition) is 1. The van der Waals surface area contributed by atoms with Gasteiger partial charge in [-0.25, -0.2) is 9.97 Å². The third kappa shape index (κ3) is 4.77. The predicted octanol–water partition coefficient (Wildman–Crippen LogP) is 4.40. The SMILES string of the molecule is C[C@@H]1CN(c2ncc(Cl)c(Cc3ccc4c(c3)c(N[C@H](C)C3CC3)cc(=O)n4C)n2)C[C@H](C)O1. The van der Waals surface area contributed by atoms with Gasteiger partial charge in [0.2, 0.25) is 5.95 Å². The molecule has 34 heavy (non-hydrogen) atoms. The van der Waals surface area contributed by atoms with Crippen molar-refractivity contribution in [3.05, 3.63) is 57.1 Å². The largest absolute Gasteiger partial charge is 0.382 e. The maximum Gasteiger partial charge on any atom is 0.252 e. The Kier molecular flexibility index (Phi) is 6.25. The molecule has 1 saturated carbocycles. The Morgan fingerprint density at radius 2 is 1.94 bits per heavy atom. The lowest BCUT2D eigenvalue weighted by Crippen LogP contribution is -2.46. The van der Waals surface area contributed by atoms with Gasteiger partial charge in [-0.1, -0.05) is 17.7 Å². The van der Waals surface area contributed by atoms with Gasteiger partial charge in [0.15, 0.2) is 0 Å². The molecule has 0 unspecified atom stereocenters. The number of benzene rings is 1. The predicted molar refractivity (Wildman–Crippen MR) is 137 cm³/mol. The van der Waals surface area contributed by atoms with Crippen molar-refractivity contribution in [2.24, 2.45) is 13.0 Å². The van der Waals surface area contributed by atoms with Crippen LogP contribution in [0.2, 0.25) is 5.02 Å². The van der Waals surface area contributed by atoms with Gasteiger partial charge < -0.3 is 19.5 Å². The molecule has 2 aliphatic rings. The molecule has 5 rings (SSSR count). The lowest BCUT2D eigenvalue weighted by atomic mass is 10.0. The number of fused-ring (bicyclic) bond motifs is 1. The number of rotatable bonds is 6. The standard InChI is InChI=1S/C26H32ClN5O2/c1-15-13-32(14-16(2)34-15)26-28-12-21(27)23(30-26)10-18-5-8-24-20(9-18)22(11-25(33)31(24)4)29-17(3)19-6-7-19/h5,8-9,11-12,15-17,19,29H,6-7,10,13-14H2,1-4H3/t15-,16+,17-/m1/s1. The average Bonchev–Trinajstić information content (AvgIpc) is 3.64. The second kappa shape index (κ2) is 9.19. The number of nitrogens with zero attached hydrogens (tertiary/aromatic N) is 4. The van der Waals surface area contributed by atoms with Gasteiger partial charge in [-0.3, -0.25) is 4.79 Å². The lowest BCUT2D eigenvalue weighted by molar-refractivity contribution is -0.00573. The van der Waals surface area contributed by atoms with Gasteiger partial charge in [0.25, 0.3) is 5.56 Å². The molecule has 1 N–H and O–H groups in total. The van der Waals surface area contributed by atoms with Crippen LogP contribution in [0.3, 0.4) is 0 Å². The monoisotopic (exact) mass is 481 g/mol.